The average molecular weight is 620 g/mol. The Balaban J connectivity index is 1.19. The van der Waals surface area contributed by atoms with E-state index < -0.39 is 0 Å². The van der Waals surface area contributed by atoms with E-state index in [0.717, 1.165) is 28.9 Å². The molecule has 0 unspecified atom stereocenters. The molecule has 0 atom stereocenters. The topological polar surface area (TPSA) is 87.1 Å². The van der Waals surface area contributed by atoms with Crippen LogP contribution in [0.1, 0.15) is 61.8 Å². The number of hydrogen-bond acceptors (Lipinski definition) is 6. The number of rotatable bonds is 13. The SMILES string of the molecule is C=C(O)C(C)(C)Cc1ccc(CCN(Cc2ccc(C(=NC)N=C(C3CC3)C3CC3)cc2)c2noc(-c3ccc(F)cc3)n2)cc1. The zero-order chi connectivity index (χ0) is 32.3. The quantitative estimate of drug-likeness (QED) is 0.0923. The van der Waals surface area contributed by atoms with E-state index in [1.165, 1.54) is 49.1 Å². The zero-order valence-corrected chi connectivity index (χ0v) is 26.9. The van der Waals surface area contributed by atoms with Crippen LogP contribution < -0.4 is 4.90 Å². The normalized spacial score (nSPS) is 15.1. The van der Waals surface area contributed by atoms with Crippen LogP contribution in [-0.2, 0) is 19.4 Å². The predicted octanol–water partition coefficient (Wildman–Crippen LogP) is 8.40. The lowest BCUT2D eigenvalue weighted by atomic mass is 9.84. The number of anilines is 1. The first kappa shape index (κ1) is 31.4. The molecule has 6 rings (SSSR count). The Hall–Kier alpha value is -4.59. The second-order valence-electron chi connectivity index (χ2n) is 13.2. The summed E-state index contributed by atoms with van der Waals surface area (Å²) in [6.07, 6.45) is 6.48. The van der Waals surface area contributed by atoms with E-state index >= 15 is 0 Å². The molecule has 238 valence electrons. The number of halogens is 1. The van der Waals surface area contributed by atoms with E-state index in [1.54, 1.807) is 12.1 Å². The van der Waals surface area contributed by atoms with Crippen molar-refractivity contribution in [2.24, 2.45) is 27.2 Å². The van der Waals surface area contributed by atoms with Gasteiger partial charge < -0.3 is 14.5 Å². The van der Waals surface area contributed by atoms with Crippen molar-refractivity contribution in [3.8, 4) is 11.5 Å². The van der Waals surface area contributed by atoms with Crippen molar-refractivity contribution >= 4 is 17.5 Å². The van der Waals surface area contributed by atoms with Gasteiger partial charge in [0.2, 0.25) is 0 Å². The highest BCUT2D eigenvalue weighted by molar-refractivity contribution is 6.09. The largest absolute Gasteiger partial charge is 0.512 e. The molecule has 1 heterocycles. The Kier molecular flexibility index (Phi) is 9.15. The van der Waals surface area contributed by atoms with Gasteiger partial charge in [0.1, 0.15) is 5.82 Å². The monoisotopic (exact) mass is 619 g/mol. The van der Waals surface area contributed by atoms with Crippen LogP contribution in [0.4, 0.5) is 10.3 Å². The maximum Gasteiger partial charge on any atom is 0.266 e. The molecule has 0 aliphatic heterocycles. The van der Waals surface area contributed by atoms with Crippen molar-refractivity contribution in [3.05, 3.63) is 113 Å². The Bertz CT molecular complexity index is 1700. The first-order valence-corrected chi connectivity index (χ1v) is 16.1. The molecule has 46 heavy (non-hydrogen) atoms. The van der Waals surface area contributed by atoms with Gasteiger partial charge in [-0.15, -0.1) is 0 Å². The van der Waals surface area contributed by atoms with Crippen LogP contribution in [0, 0.1) is 23.1 Å². The molecule has 2 aliphatic rings. The molecule has 2 saturated carbocycles. The predicted molar refractivity (Wildman–Crippen MR) is 182 cm³/mol. The summed E-state index contributed by atoms with van der Waals surface area (Å²) in [5.41, 5.74) is 6.06. The van der Waals surface area contributed by atoms with Crippen LogP contribution in [0.15, 0.2) is 99.6 Å². The van der Waals surface area contributed by atoms with Gasteiger partial charge >= 0.3 is 0 Å². The van der Waals surface area contributed by atoms with E-state index in [2.05, 4.69) is 75.1 Å². The number of nitrogens with zero attached hydrogens (tertiary/aromatic N) is 5. The first-order chi connectivity index (χ1) is 22.2. The molecule has 0 radical (unpaired) electrons. The van der Waals surface area contributed by atoms with Crippen LogP contribution in [0.2, 0.25) is 0 Å². The third-order valence-corrected chi connectivity index (χ3v) is 8.93. The lowest BCUT2D eigenvalue weighted by molar-refractivity contribution is 0.259. The summed E-state index contributed by atoms with van der Waals surface area (Å²) in [5, 5.41) is 14.3. The molecule has 0 bridgehead atoms. The molecule has 2 aliphatic carbocycles. The van der Waals surface area contributed by atoms with E-state index in [4.69, 9.17) is 9.52 Å². The Labute approximate surface area is 270 Å². The maximum absolute atomic E-state index is 13.5. The number of amidine groups is 1. The zero-order valence-electron chi connectivity index (χ0n) is 26.9. The molecule has 0 spiro atoms. The van der Waals surface area contributed by atoms with Gasteiger partial charge in [-0.1, -0.05) is 69.0 Å². The van der Waals surface area contributed by atoms with Gasteiger partial charge in [0.25, 0.3) is 11.8 Å². The lowest BCUT2D eigenvalue weighted by Crippen LogP contribution is -2.26. The second-order valence-corrected chi connectivity index (χ2v) is 13.2. The molecule has 0 amide bonds. The first-order valence-electron chi connectivity index (χ1n) is 16.1. The summed E-state index contributed by atoms with van der Waals surface area (Å²) in [7, 11) is 1.82. The van der Waals surface area contributed by atoms with E-state index in [9.17, 15) is 9.50 Å². The summed E-state index contributed by atoms with van der Waals surface area (Å²) in [6, 6.07) is 22.9. The third-order valence-electron chi connectivity index (χ3n) is 8.93. The van der Waals surface area contributed by atoms with Gasteiger partial charge in [-0.2, -0.15) is 4.98 Å². The van der Waals surface area contributed by atoms with Crippen molar-refractivity contribution in [1.82, 2.24) is 10.1 Å². The lowest BCUT2D eigenvalue weighted by Gasteiger charge is -2.23. The molecule has 1 N–H and O–H groups in total. The molecular weight excluding hydrogens is 577 g/mol. The summed E-state index contributed by atoms with van der Waals surface area (Å²) in [4.78, 5) is 16.4. The van der Waals surface area contributed by atoms with Crippen molar-refractivity contribution in [1.29, 1.82) is 0 Å². The molecule has 4 aromatic rings. The molecule has 1 aromatic heterocycles. The van der Waals surface area contributed by atoms with Crippen LogP contribution >= 0.6 is 0 Å². The summed E-state index contributed by atoms with van der Waals surface area (Å²) < 4.78 is 19.1. The number of aliphatic hydroxyl groups excluding tert-OH is 1. The van der Waals surface area contributed by atoms with Crippen LogP contribution in [0.5, 0.6) is 0 Å². The smallest absolute Gasteiger partial charge is 0.266 e. The number of aromatic nitrogens is 2. The molecule has 2 fully saturated rings. The molecule has 8 heteroatoms. The molecule has 7 nitrogen and oxygen atoms in total. The minimum atomic E-state index is -0.387. The van der Waals surface area contributed by atoms with Crippen LogP contribution in [0.3, 0.4) is 0 Å². The van der Waals surface area contributed by atoms with E-state index in [1.807, 2.05) is 20.9 Å². The molecule has 3 aromatic carbocycles. The minimum Gasteiger partial charge on any atom is -0.512 e. The van der Waals surface area contributed by atoms with Crippen molar-refractivity contribution < 1.29 is 14.0 Å². The Morgan fingerprint density at radius 3 is 2.13 bits per heavy atom. The van der Waals surface area contributed by atoms with Gasteiger partial charge in [0.15, 0.2) is 5.84 Å². The standard InChI is InChI=1S/C38H42FN5O2/c1-25(45)38(2,3)23-27-7-5-26(6-8-27)21-22-44(37-42-36(46-43-37)32-17-19-33(39)20-18-32)24-28-9-11-31(12-10-28)35(40-4)41-34(29-13-14-29)30-15-16-30/h5-12,17-20,29-30,45H,1,13-16,21-24H2,2-4H3. The minimum absolute atomic E-state index is 0.188. The third kappa shape index (κ3) is 7.79. The maximum atomic E-state index is 13.5. The van der Waals surface area contributed by atoms with Gasteiger partial charge in [-0.25, -0.2) is 9.38 Å². The summed E-state index contributed by atoms with van der Waals surface area (Å²) in [6.45, 7) is 8.93. The Morgan fingerprint density at radius 2 is 1.54 bits per heavy atom. The number of aliphatic imine (C=N–C) groups is 2. The highest BCUT2D eigenvalue weighted by atomic mass is 19.1. The number of benzene rings is 3. The van der Waals surface area contributed by atoms with Gasteiger partial charge in [0, 0.05) is 42.4 Å². The highest BCUT2D eigenvalue weighted by Gasteiger charge is 2.38. The number of allylic oxidation sites excluding steroid dienone is 1. The van der Waals surface area contributed by atoms with E-state index in [0.29, 0.717) is 48.7 Å². The van der Waals surface area contributed by atoms with Gasteiger partial charge in [0.05, 0.1) is 5.76 Å². The average Bonchev–Trinajstić information content (AvgIpc) is 4.00. The fourth-order valence-electron chi connectivity index (χ4n) is 5.62. The van der Waals surface area contributed by atoms with Gasteiger partial charge in [-0.05, 0) is 96.5 Å². The number of hydrogen-bond donors (Lipinski definition) is 1. The van der Waals surface area contributed by atoms with Crippen molar-refractivity contribution in [2.45, 2.75) is 58.9 Å². The van der Waals surface area contributed by atoms with Crippen molar-refractivity contribution in [2.75, 3.05) is 18.5 Å². The fourth-order valence-corrected chi connectivity index (χ4v) is 5.62. The molecular formula is C38H42FN5O2. The van der Waals surface area contributed by atoms with Crippen LogP contribution in [-0.4, -0.2) is 40.4 Å². The van der Waals surface area contributed by atoms with Gasteiger partial charge in [-0.3, -0.25) is 4.99 Å². The second kappa shape index (κ2) is 13.4. The number of aliphatic hydroxyl groups is 1. The highest BCUT2D eigenvalue weighted by Crippen LogP contribution is 2.42. The fraction of sp³-hybridized carbons (Fsp3) is 0.368. The van der Waals surface area contributed by atoms with E-state index in [-0.39, 0.29) is 17.0 Å². The van der Waals surface area contributed by atoms with Crippen molar-refractivity contribution in [3.63, 3.8) is 0 Å². The Morgan fingerprint density at radius 1 is 0.935 bits per heavy atom. The molecule has 0 saturated heterocycles. The van der Waals surface area contributed by atoms with Crippen LogP contribution in [0.25, 0.3) is 11.5 Å². The summed E-state index contributed by atoms with van der Waals surface area (Å²) in [5.74, 6) is 2.79. The summed E-state index contributed by atoms with van der Waals surface area (Å²) >= 11 is 0.